The fourth-order valence-corrected chi connectivity index (χ4v) is 4.14. The third kappa shape index (κ3) is 6.07. The number of hydrogen-bond acceptors (Lipinski definition) is 6. The van der Waals surface area contributed by atoms with Gasteiger partial charge in [0, 0.05) is 36.6 Å². The van der Waals surface area contributed by atoms with E-state index in [1.165, 1.54) is 24.8 Å². The van der Waals surface area contributed by atoms with Gasteiger partial charge in [0.1, 0.15) is 5.82 Å². The summed E-state index contributed by atoms with van der Waals surface area (Å²) in [4.78, 5) is 40.2. The number of hydrogen-bond donors (Lipinski definition) is 0. The lowest BCUT2D eigenvalue weighted by Gasteiger charge is -2.36. The molecule has 0 atom stereocenters. The SMILES string of the molecule is CC(=O)c1ccc(N2CCN(C(=O)COC(=O)CSc3ccccc3C)CC2)c(F)c1. The van der Waals surface area contributed by atoms with E-state index in [1.807, 2.05) is 36.1 Å². The summed E-state index contributed by atoms with van der Waals surface area (Å²) >= 11 is 1.38. The number of thioether (sulfide) groups is 1. The Balaban J connectivity index is 1.43. The molecule has 0 aromatic heterocycles. The molecule has 0 bridgehead atoms. The average molecular weight is 445 g/mol. The lowest BCUT2D eigenvalue weighted by molar-refractivity contribution is -0.150. The van der Waals surface area contributed by atoms with Crippen LogP contribution < -0.4 is 4.90 Å². The maximum absolute atomic E-state index is 14.3. The number of amides is 1. The van der Waals surface area contributed by atoms with Gasteiger partial charge in [-0.2, -0.15) is 0 Å². The summed E-state index contributed by atoms with van der Waals surface area (Å²) in [6, 6.07) is 12.2. The van der Waals surface area contributed by atoms with Crippen molar-refractivity contribution in [3.8, 4) is 0 Å². The first-order valence-electron chi connectivity index (χ1n) is 10.0. The quantitative estimate of drug-likeness (QED) is 0.371. The van der Waals surface area contributed by atoms with Gasteiger partial charge in [0.25, 0.3) is 5.91 Å². The molecule has 3 rings (SSSR count). The van der Waals surface area contributed by atoms with E-state index < -0.39 is 11.8 Å². The zero-order chi connectivity index (χ0) is 22.4. The van der Waals surface area contributed by atoms with E-state index >= 15 is 0 Å². The predicted molar refractivity (Wildman–Crippen MR) is 118 cm³/mol. The van der Waals surface area contributed by atoms with Crippen molar-refractivity contribution in [2.24, 2.45) is 0 Å². The largest absolute Gasteiger partial charge is 0.455 e. The molecule has 1 fully saturated rings. The highest BCUT2D eigenvalue weighted by Crippen LogP contribution is 2.23. The molecule has 0 N–H and O–H groups in total. The third-order valence-electron chi connectivity index (χ3n) is 5.12. The first kappa shape index (κ1) is 22.8. The van der Waals surface area contributed by atoms with E-state index in [4.69, 9.17) is 4.74 Å². The Bertz CT molecular complexity index is 974. The van der Waals surface area contributed by atoms with Gasteiger partial charge in [-0.05, 0) is 43.7 Å². The Morgan fingerprint density at radius 1 is 1.06 bits per heavy atom. The molecule has 1 heterocycles. The van der Waals surface area contributed by atoms with Crippen LogP contribution in [-0.2, 0) is 14.3 Å². The van der Waals surface area contributed by atoms with Crippen molar-refractivity contribution in [2.75, 3.05) is 43.4 Å². The normalized spacial score (nSPS) is 13.8. The number of anilines is 1. The van der Waals surface area contributed by atoms with Crippen molar-refractivity contribution in [1.82, 2.24) is 4.90 Å². The number of aryl methyl sites for hydroxylation is 1. The topological polar surface area (TPSA) is 66.9 Å². The van der Waals surface area contributed by atoms with Gasteiger partial charge >= 0.3 is 5.97 Å². The van der Waals surface area contributed by atoms with Gasteiger partial charge < -0.3 is 14.5 Å². The van der Waals surface area contributed by atoms with Gasteiger partial charge in [-0.15, -0.1) is 11.8 Å². The van der Waals surface area contributed by atoms with Crippen molar-refractivity contribution in [3.63, 3.8) is 0 Å². The molecule has 2 aromatic carbocycles. The zero-order valence-electron chi connectivity index (χ0n) is 17.6. The van der Waals surface area contributed by atoms with Gasteiger partial charge in [-0.1, -0.05) is 18.2 Å². The van der Waals surface area contributed by atoms with E-state index in [-0.39, 0.29) is 24.1 Å². The number of halogens is 1. The second kappa shape index (κ2) is 10.4. The third-order valence-corrected chi connectivity index (χ3v) is 6.27. The Morgan fingerprint density at radius 2 is 1.77 bits per heavy atom. The zero-order valence-corrected chi connectivity index (χ0v) is 18.4. The van der Waals surface area contributed by atoms with Crippen LogP contribution in [0.4, 0.5) is 10.1 Å². The smallest absolute Gasteiger partial charge is 0.316 e. The van der Waals surface area contributed by atoms with Crippen LogP contribution in [0, 0.1) is 12.7 Å². The van der Waals surface area contributed by atoms with Gasteiger partial charge in [-0.25, -0.2) is 4.39 Å². The van der Waals surface area contributed by atoms with E-state index in [2.05, 4.69) is 0 Å². The minimum Gasteiger partial charge on any atom is -0.455 e. The maximum atomic E-state index is 14.3. The number of rotatable bonds is 7. The molecular weight excluding hydrogens is 419 g/mol. The predicted octanol–water partition coefficient (Wildman–Crippen LogP) is 3.32. The molecule has 0 unspecified atom stereocenters. The highest BCUT2D eigenvalue weighted by molar-refractivity contribution is 8.00. The van der Waals surface area contributed by atoms with Gasteiger partial charge in [0.05, 0.1) is 11.4 Å². The molecular formula is C23H25FN2O4S. The maximum Gasteiger partial charge on any atom is 0.316 e. The highest BCUT2D eigenvalue weighted by atomic mass is 32.2. The molecule has 1 amide bonds. The Hall–Kier alpha value is -2.87. The molecule has 1 aliphatic heterocycles. The summed E-state index contributed by atoms with van der Waals surface area (Å²) in [5, 5.41) is 0. The lowest BCUT2D eigenvalue weighted by Crippen LogP contribution is -2.50. The van der Waals surface area contributed by atoms with Gasteiger partial charge in [0.15, 0.2) is 12.4 Å². The van der Waals surface area contributed by atoms with Crippen LogP contribution in [0.2, 0.25) is 0 Å². The Kier molecular flexibility index (Phi) is 7.68. The number of Topliss-reactive ketones (excluding diaryl/α,β-unsaturated/α-hetero) is 1. The standard InChI is InChI=1S/C23H25FN2O4S/c1-16-5-3-4-6-21(16)31-15-23(29)30-14-22(28)26-11-9-25(10-12-26)20-8-7-18(17(2)27)13-19(20)24/h3-8,13H,9-12,14-15H2,1-2H3. The van der Waals surface area contributed by atoms with Crippen LogP contribution in [0.25, 0.3) is 0 Å². The number of benzene rings is 2. The number of nitrogens with zero attached hydrogens (tertiary/aromatic N) is 2. The lowest BCUT2D eigenvalue weighted by atomic mass is 10.1. The summed E-state index contributed by atoms with van der Waals surface area (Å²) in [6.45, 7) is 4.80. The number of carbonyl (C=O) groups excluding carboxylic acids is 3. The monoisotopic (exact) mass is 444 g/mol. The van der Waals surface area contributed by atoms with Gasteiger partial charge in [-0.3, -0.25) is 14.4 Å². The van der Waals surface area contributed by atoms with E-state index in [0.717, 1.165) is 10.5 Å². The van der Waals surface area contributed by atoms with Crippen LogP contribution in [0.1, 0.15) is 22.8 Å². The fourth-order valence-electron chi connectivity index (χ4n) is 3.31. The summed E-state index contributed by atoms with van der Waals surface area (Å²) in [5.74, 6) is -1.20. The molecule has 0 radical (unpaired) electrons. The van der Waals surface area contributed by atoms with Crippen molar-refractivity contribution < 1.29 is 23.5 Å². The van der Waals surface area contributed by atoms with Crippen LogP contribution in [-0.4, -0.2) is 61.1 Å². The molecule has 0 spiro atoms. The van der Waals surface area contributed by atoms with Crippen LogP contribution in [0.5, 0.6) is 0 Å². The number of ether oxygens (including phenoxy) is 1. The average Bonchev–Trinajstić information content (AvgIpc) is 2.77. The van der Waals surface area contributed by atoms with Crippen molar-refractivity contribution in [3.05, 3.63) is 59.4 Å². The van der Waals surface area contributed by atoms with Crippen LogP contribution in [0.3, 0.4) is 0 Å². The molecule has 0 aliphatic carbocycles. The molecule has 1 aliphatic rings. The first-order chi connectivity index (χ1) is 14.8. The minimum atomic E-state index is -0.451. The van der Waals surface area contributed by atoms with Crippen molar-refractivity contribution >= 4 is 35.1 Å². The number of piperazine rings is 1. The molecule has 31 heavy (non-hydrogen) atoms. The van der Waals surface area contributed by atoms with Crippen LogP contribution in [0.15, 0.2) is 47.4 Å². The fraction of sp³-hybridized carbons (Fsp3) is 0.348. The number of carbonyl (C=O) groups is 3. The number of esters is 1. The first-order valence-corrected chi connectivity index (χ1v) is 11.0. The molecule has 164 valence electrons. The minimum absolute atomic E-state index is 0.140. The van der Waals surface area contributed by atoms with Gasteiger partial charge in [0.2, 0.25) is 0 Å². The summed E-state index contributed by atoms with van der Waals surface area (Å²) in [7, 11) is 0. The summed E-state index contributed by atoms with van der Waals surface area (Å²) in [6.07, 6.45) is 0. The second-order valence-electron chi connectivity index (χ2n) is 7.31. The van der Waals surface area contributed by atoms with Crippen molar-refractivity contribution in [2.45, 2.75) is 18.7 Å². The van der Waals surface area contributed by atoms with E-state index in [1.54, 1.807) is 17.0 Å². The Labute approximate surface area is 185 Å². The van der Waals surface area contributed by atoms with E-state index in [9.17, 15) is 18.8 Å². The van der Waals surface area contributed by atoms with E-state index in [0.29, 0.717) is 37.4 Å². The molecule has 1 saturated heterocycles. The molecule has 8 heteroatoms. The van der Waals surface area contributed by atoms with Crippen LogP contribution >= 0.6 is 11.8 Å². The highest BCUT2D eigenvalue weighted by Gasteiger charge is 2.24. The molecule has 2 aromatic rings. The Morgan fingerprint density at radius 3 is 2.42 bits per heavy atom. The number of ketones is 1. The summed E-state index contributed by atoms with van der Waals surface area (Å²) < 4.78 is 19.5. The second-order valence-corrected chi connectivity index (χ2v) is 8.32. The summed E-state index contributed by atoms with van der Waals surface area (Å²) in [5.41, 5.74) is 1.83. The molecule has 6 nitrogen and oxygen atoms in total. The van der Waals surface area contributed by atoms with Crippen molar-refractivity contribution in [1.29, 1.82) is 0 Å². The molecule has 0 saturated carbocycles.